The molecule has 0 radical (unpaired) electrons. The molecule has 0 saturated heterocycles. The lowest BCUT2D eigenvalue weighted by molar-refractivity contribution is -0.113. The molecule has 1 atom stereocenters. The van der Waals surface area contributed by atoms with Gasteiger partial charge in [0.25, 0.3) is 5.91 Å². The Hall–Kier alpha value is -2.07. The molecule has 0 bridgehead atoms. The molecule has 0 aliphatic rings. The second-order valence-corrected chi connectivity index (χ2v) is 10.8. The molecule has 1 heterocycles. The van der Waals surface area contributed by atoms with Crippen LogP contribution in [-0.2, 0) is 11.3 Å². The molecule has 0 aliphatic heterocycles. The molecule has 0 unspecified atom stereocenters. The highest BCUT2D eigenvalue weighted by Crippen LogP contribution is 2.27. The van der Waals surface area contributed by atoms with E-state index in [-0.39, 0.29) is 23.5 Å². The van der Waals surface area contributed by atoms with Gasteiger partial charge in [0, 0.05) is 22.3 Å². The summed E-state index contributed by atoms with van der Waals surface area (Å²) >= 11 is 16.8. The molecule has 0 saturated carbocycles. The number of amides is 2. The van der Waals surface area contributed by atoms with Gasteiger partial charge < -0.3 is 15.2 Å². The van der Waals surface area contributed by atoms with Crippen molar-refractivity contribution in [2.45, 2.75) is 45.4 Å². The molecule has 2 aromatic carbocycles. The van der Waals surface area contributed by atoms with E-state index >= 15 is 0 Å². The molecule has 0 aliphatic carbocycles. The van der Waals surface area contributed by atoms with Crippen LogP contribution in [0.1, 0.15) is 48.6 Å². The van der Waals surface area contributed by atoms with E-state index in [2.05, 4.69) is 36.8 Å². The number of hydrogen-bond donors (Lipinski definition) is 2. The second-order valence-electron chi connectivity index (χ2n) is 8.21. The molecule has 1 aromatic heterocycles. The van der Waals surface area contributed by atoms with Crippen molar-refractivity contribution in [3.8, 4) is 0 Å². The van der Waals surface area contributed by atoms with Crippen molar-refractivity contribution >= 4 is 68.4 Å². The Balaban J connectivity index is 1.72. The van der Waals surface area contributed by atoms with Crippen LogP contribution in [0.4, 0.5) is 5.69 Å². The quantitative estimate of drug-likeness (QED) is 0.273. The van der Waals surface area contributed by atoms with Crippen LogP contribution in [0.25, 0.3) is 0 Å². The van der Waals surface area contributed by atoms with Gasteiger partial charge in [-0.1, -0.05) is 64.7 Å². The average Bonchev–Trinajstić information content (AvgIpc) is 3.22. The zero-order valence-corrected chi connectivity index (χ0v) is 23.6. The number of rotatable bonds is 9. The van der Waals surface area contributed by atoms with E-state index in [4.69, 9.17) is 23.2 Å². The van der Waals surface area contributed by atoms with Crippen LogP contribution in [0.5, 0.6) is 0 Å². The summed E-state index contributed by atoms with van der Waals surface area (Å²) < 4.78 is 2.90. The molecule has 2 N–H and O–H groups in total. The maximum absolute atomic E-state index is 12.9. The van der Waals surface area contributed by atoms with Gasteiger partial charge in [-0.3, -0.25) is 9.59 Å². The van der Waals surface area contributed by atoms with Gasteiger partial charge in [-0.15, -0.1) is 10.2 Å². The van der Waals surface area contributed by atoms with E-state index in [1.165, 1.54) is 17.8 Å². The second kappa shape index (κ2) is 12.3. The molecule has 35 heavy (non-hydrogen) atoms. The summed E-state index contributed by atoms with van der Waals surface area (Å²) in [5.74, 6) is 0.416. The maximum atomic E-state index is 12.9. The fraction of sp³-hybridized carbons (Fsp3) is 0.333. The first-order valence-corrected chi connectivity index (χ1v) is 13.5. The zero-order chi connectivity index (χ0) is 25.7. The van der Waals surface area contributed by atoms with Crippen molar-refractivity contribution in [2.24, 2.45) is 5.92 Å². The summed E-state index contributed by atoms with van der Waals surface area (Å²) in [6, 6.07) is 10.0. The Morgan fingerprint density at radius 1 is 1.11 bits per heavy atom. The van der Waals surface area contributed by atoms with E-state index in [0.717, 1.165) is 15.7 Å². The van der Waals surface area contributed by atoms with Crippen LogP contribution in [-0.4, -0.2) is 32.3 Å². The number of thioether (sulfide) groups is 1. The summed E-state index contributed by atoms with van der Waals surface area (Å²) in [6.07, 6.45) is 0. The molecule has 3 aromatic rings. The van der Waals surface area contributed by atoms with Gasteiger partial charge in [-0.2, -0.15) is 0 Å². The normalized spacial score (nSPS) is 12.0. The number of carbonyl (C=O) groups is 2. The number of anilines is 1. The van der Waals surface area contributed by atoms with Crippen LogP contribution >= 0.6 is 50.9 Å². The van der Waals surface area contributed by atoms with E-state index < -0.39 is 6.04 Å². The van der Waals surface area contributed by atoms with Crippen molar-refractivity contribution < 1.29 is 9.59 Å². The summed E-state index contributed by atoms with van der Waals surface area (Å²) in [7, 11) is 0. The summed E-state index contributed by atoms with van der Waals surface area (Å²) in [4.78, 5) is 25.4. The third kappa shape index (κ3) is 7.00. The van der Waals surface area contributed by atoms with Crippen LogP contribution in [0.2, 0.25) is 10.0 Å². The number of hydrogen-bond acceptors (Lipinski definition) is 5. The highest BCUT2D eigenvalue weighted by molar-refractivity contribution is 9.10. The maximum Gasteiger partial charge on any atom is 0.251 e. The number of halogens is 3. The Morgan fingerprint density at radius 2 is 1.86 bits per heavy atom. The lowest BCUT2D eigenvalue weighted by atomic mass is 10.0. The van der Waals surface area contributed by atoms with Gasteiger partial charge in [-0.05, 0) is 61.7 Å². The van der Waals surface area contributed by atoms with Crippen molar-refractivity contribution in [3.63, 3.8) is 0 Å². The Kier molecular flexibility index (Phi) is 9.63. The topological polar surface area (TPSA) is 88.9 Å². The average molecular weight is 599 g/mol. The number of nitrogens with one attached hydrogen (secondary N) is 2. The highest BCUT2D eigenvalue weighted by Gasteiger charge is 2.26. The number of nitrogens with zero attached hydrogens (tertiary/aromatic N) is 3. The molecular formula is C24H26BrCl2N5O2S. The SMILES string of the molecule is CCn1c(SCC(=O)Nc2ccc(Br)c(C)c2)nnc1[C@@H](NC(=O)c1ccc(Cl)c(Cl)c1)C(C)C. The monoisotopic (exact) mass is 597 g/mol. The summed E-state index contributed by atoms with van der Waals surface area (Å²) in [5.41, 5.74) is 2.18. The summed E-state index contributed by atoms with van der Waals surface area (Å²) in [6.45, 7) is 8.51. The largest absolute Gasteiger partial charge is 0.342 e. The number of aromatic nitrogens is 3. The zero-order valence-electron chi connectivity index (χ0n) is 19.7. The van der Waals surface area contributed by atoms with Crippen molar-refractivity contribution in [2.75, 3.05) is 11.1 Å². The highest BCUT2D eigenvalue weighted by atomic mass is 79.9. The standard InChI is InChI=1S/C24H26BrCl2N5O2S/c1-5-32-22(21(13(2)3)29-23(34)15-6-9-18(26)19(27)11-15)30-31-24(32)35-12-20(33)28-16-7-8-17(25)14(4)10-16/h6-11,13,21H,5,12H2,1-4H3,(H,28,33)(H,29,34)/t21-/m0/s1. The number of aryl methyl sites for hydroxylation is 1. The van der Waals surface area contributed by atoms with Crippen LogP contribution < -0.4 is 10.6 Å². The molecule has 3 rings (SSSR count). The van der Waals surface area contributed by atoms with E-state index in [1.807, 2.05) is 50.5 Å². The lowest BCUT2D eigenvalue weighted by Gasteiger charge is -2.22. The minimum Gasteiger partial charge on any atom is -0.342 e. The minimum absolute atomic E-state index is 0.0398. The Bertz CT molecular complexity index is 1230. The Labute approximate surface area is 227 Å². The smallest absolute Gasteiger partial charge is 0.251 e. The van der Waals surface area contributed by atoms with Crippen molar-refractivity contribution in [1.29, 1.82) is 0 Å². The fourth-order valence-corrected chi connectivity index (χ4v) is 4.73. The molecular weight excluding hydrogens is 573 g/mol. The lowest BCUT2D eigenvalue weighted by Crippen LogP contribution is -2.33. The molecule has 0 fully saturated rings. The molecule has 7 nitrogen and oxygen atoms in total. The van der Waals surface area contributed by atoms with Gasteiger partial charge in [-0.25, -0.2) is 0 Å². The molecule has 2 amide bonds. The van der Waals surface area contributed by atoms with E-state index in [1.54, 1.807) is 12.1 Å². The third-order valence-corrected chi connectivity index (χ3v) is 7.84. The van der Waals surface area contributed by atoms with Crippen LogP contribution in [0, 0.1) is 12.8 Å². The van der Waals surface area contributed by atoms with Gasteiger partial charge >= 0.3 is 0 Å². The fourth-order valence-electron chi connectivity index (χ4n) is 3.38. The Morgan fingerprint density at radius 3 is 2.49 bits per heavy atom. The first kappa shape index (κ1) is 27.5. The molecule has 186 valence electrons. The summed E-state index contributed by atoms with van der Waals surface area (Å²) in [5, 5.41) is 15.9. The van der Waals surface area contributed by atoms with Gasteiger partial charge in [0.15, 0.2) is 11.0 Å². The first-order chi connectivity index (χ1) is 16.6. The first-order valence-electron chi connectivity index (χ1n) is 11.0. The van der Waals surface area contributed by atoms with Crippen LogP contribution in [0.15, 0.2) is 46.0 Å². The van der Waals surface area contributed by atoms with Gasteiger partial charge in [0.2, 0.25) is 5.91 Å². The predicted octanol–water partition coefficient (Wildman–Crippen LogP) is 6.53. The van der Waals surface area contributed by atoms with Gasteiger partial charge in [0.05, 0.1) is 21.8 Å². The van der Waals surface area contributed by atoms with Crippen molar-refractivity contribution in [3.05, 3.63) is 67.9 Å². The van der Waals surface area contributed by atoms with Crippen LogP contribution in [0.3, 0.4) is 0 Å². The molecule has 11 heteroatoms. The van der Waals surface area contributed by atoms with Gasteiger partial charge in [0.1, 0.15) is 0 Å². The van der Waals surface area contributed by atoms with Crippen molar-refractivity contribution in [1.82, 2.24) is 20.1 Å². The number of benzene rings is 2. The minimum atomic E-state index is -0.390. The van der Waals surface area contributed by atoms with E-state index in [9.17, 15) is 9.59 Å². The van der Waals surface area contributed by atoms with E-state index in [0.29, 0.717) is 33.1 Å². The number of carbonyl (C=O) groups excluding carboxylic acids is 2. The predicted molar refractivity (Wildman–Crippen MR) is 145 cm³/mol. The third-order valence-electron chi connectivity index (χ3n) is 5.25. The molecule has 0 spiro atoms.